The third kappa shape index (κ3) is 3.66. The second-order valence-electron chi connectivity index (χ2n) is 4.61. The molecule has 0 fully saturated rings. The number of hydrogen-bond acceptors (Lipinski definition) is 3. The number of rotatable bonds is 5. The lowest BCUT2D eigenvalue weighted by molar-refractivity contribution is 0.0795. The van der Waals surface area contributed by atoms with Crippen LogP contribution in [0.3, 0.4) is 0 Å². The molecule has 0 spiro atoms. The zero-order valence-corrected chi connectivity index (χ0v) is 12.3. The normalized spacial score (nSPS) is 11.5. The molecule has 0 radical (unpaired) electrons. The average molecular weight is 291 g/mol. The van der Waals surface area contributed by atoms with E-state index in [1.54, 1.807) is 18.2 Å². The highest BCUT2D eigenvalue weighted by Crippen LogP contribution is 2.14. The lowest BCUT2D eigenvalue weighted by Gasteiger charge is -2.09. The van der Waals surface area contributed by atoms with E-state index in [1.165, 1.54) is 0 Å². The first-order valence-corrected chi connectivity index (χ1v) is 7.72. The minimum atomic E-state index is -3.64. The maximum absolute atomic E-state index is 12.0. The highest BCUT2D eigenvalue weighted by Gasteiger charge is 2.14. The first-order valence-electron chi connectivity index (χ1n) is 6.24. The van der Waals surface area contributed by atoms with E-state index in [-0.39, 0.29) is 11.5 Å². The van der Waals surface area contributed by atoms with Crippen molar-refractivity contribution in [3.05, 3.63) is 65.2 Å². The predicted octanol–water partition coefficient (Wildman–Crippen LogP) is 2.71. The van der Waals surface area contributed by atoms with Gasteiger partial charge in [-0.1, -0.05) is 41.3 Å². The first kappa shape index (κ1) is 14.7. The quantitative estimate of drug-likeness (QED) is 0.862. The number of sulfonamides is 1. The van der Waals surface area contributed by atoms with Crippen LogP contribution in [0.1, 0.15) is 16.7 Å². The second kappa shape index (κ2) is 6.17. The van der Waals surface area contributed by atoms with Crippen molar-refractivity contribution in [1.29, 1.82) is 0 Å². The van der Waals surface area contributed by atoms with Crippen LogP contribution >= 0.6 is 0 Å². The molecule has 0 saturated carbocycles. The molecule has 1 N–H and O–H groups in total. The van der Waals surface area contributed by atoms with Crippen molar-refractivity contribution in [1.82, 2.24) is 4.89 Å². The van der Waals surface area contributed by atoms with E-state index in [9.17, 15) is 8.42 Å². The minimum Gasteiger partial charge on any atom is -0.282 e. The summed E-state index contributed by atoms with van der Waals surface area (Å²) in [5.74, 6) is 0. The van der Waals surface area contributed by atoms with Crippen molar-refractivity contribution in [3.8, 4) is 0 Å². The summed E-state index contributed by atoms with van der Waals surface area (Å²) in [6.45, 7) is 4.00. The average Bonchev–Trinajstić information content (AvgIpc) is 2.43. The molecule has 0 aliphatic rings. The molecule has 5 heteroatoms. The lowest BCUT2D eigenvalue weighted by atomic mass is 10.1. The molecule has 0 aromatic heterocycles. The van der Waals surface area contributed by atoms with Crippen LogP contribution in [-0.4, -0.2) is 8.42 Å². The van der Waals surface area contributed by atoms with Crippen molar-refractivity contribution in [2.45, 2.75) is 25.3 Å². The number of benzene rings is 2. The largest absolute Gasteiger partial charge is 0.282 e. The molecule has 2 aromatic carbocycles. The van der Waals surface area contributed by atoms with Gasteiger partial charge < -0.3 is 0 Å². The third-order valence-electron chi connectivity index (χ3n) is 3.04. The summed E-state index contributed by atoms with van der Waals surface area (Å²) in [5.41, 5.74) is 2.88. The van der Waals surface area contributed by atoms with Crippen LogP contribution in [0, 0.1) is 13.8 Å². The Morgan fingerprint density at radius 1 is 1.00 bits per heavy atom. The highest BCUT2D eigenvalue weighted by atomic mass is 32.2. The Morgan fingerprint density at radius 2 is 1.70 bits per heavy atom. The monoisotopic (exact) mass is 291 g/mol. The van der Waals surface area contributed by atoms with Gasteiger partial charge in [-0.15, -0.1) is 0 Å². The summed E-state index contributed by atoms with van der Waals surface area (Å²) in [6, 6.07) is 14.3. The van der Waals surface area contributed by atoms with E-state index in [0.717, 1.165) is 16.7 Å². The summed E-state index contributed by atoms with van der Waals surface area (Å²) in [6.07, 6.45) is 0. The van der Waals surface area contributed by atoms with Crippen LogP contribution in [0.5, 0.6) is 0 Å². The van der Waals surface area contributed by atoms with Crippen molar-refractivity contribution < 1.29 is 13.3 Å². The molecular weight excluding hydrogens is 274 g/mol. The SMILES string of the molecule is Cc1ccc(S(=O)(=O)NOCc2ccccc2)cc1C. The van der Waals surface area contributed by atoms with Crippen molar-refractivity contribution in [2.24, 2.45) is 0 Å². The summed E-state index contributed by atoms with van der Waals surface area (Å²) in [4.78, 5) is 7.42. The Balaban J connectivity index is 2.02. The molecule has 0 aliphatic carbocycles. The van der Waals surface area contributed by atoms with Gasteiger partial charge in [0, 0.05) is 0 Å². The number of aryl methyl sites for hydroxylation is 2. The summed E-state index contributed by atoms with van der Waals surface area (Å²) in [5, 5.41) is 0. The molecule has 20 heavy (non-hydrogen) atoms. The van der Waals surface area contributed by atoms with Crippen molar-refractivity contribution in [3.63, 3.8) is 0 Å². The van der Waals surface area contributed by atoms with Gasteiger partial charge in [-0.25, -0.2) is 8.42 Å². The van der Waals surface area contributed by atoms with Gasteiger partial charge in [-0.2, -0.15) is 0 Å². The third-order valence-corrected chi connectivity index (χ3v) is 4.25. The topological polar surface area (TPSA) is 55.4 Å². The fraction of sp³-hybridized carbons (Fsp3) is 0.200. The van der Waals surface area contributed by atoms with E-state index in [0.29, 0.717) is 0 Å². The van der Waals surface area contributed by atoms with E-state index in [4.69, 9.17) is 4.84 Å². The van der Waals surface area contributed by atoms with Crippen LogP contribution in [0.25, 0.3) is 0 Å². The second-order valence-corrected chi connectivity index (χ2v) is 6.25. The van der Waals surface area contributed by atoms with Gasteiger partial charge in [0.1, 0.15) is 0 Å². The van der Waals surface area contributed by atoms with Gasteiger partial charge in [0.2, 0.25) is 0 Å². The van der Waals surface area contributed by atoms with E-state index in [2.05, 4.69) is 4.89 Å². The molecule has 0 aliphatic heterocycles. The standard InChI is InChI=1S/C15H17NO3S/c1-12-8-9-15(10-13(12)2)20(17,18)16-19-11-14-6-4-3-5-7-14/h3-10,16H,11H2,1-2H3. The van der Waals surface area contributed by atoms with E-state index >= 15 is 0 Å². The molecule has 0 unspecified atom stereocenters. The van der Waals surface area contributed by atoms with Crippen LogP contribution in [0.2, 0.25) is 0 Å². The number of nitrogens with one attached hydrogen (secondary N) is 1. The summed E-state index contributed by atoms with van der Waals surface area (Å²) < 4.78 is 24.1. The number of hydrogen-bond donors (Lipinski definition) is 1. The maximum atomic E-state index is 12.0. The van der Waals surface area contributed by atoms with Gasteiger partial charge in [0.05, 0.1) is 11.5 Å². The molecule has 106 valence electrons. The zero-order chi connectivity index (χ0) is 14.6. The van der Waals surface area contributed by atoms with Gasteiger partial charge in [0.25, 0.3) is 10.0 Å². The van der Waals surface area contributed by atoms with Gasteiger partial charge in [-0.3, -0.25) is 4.84 Å². The van der Waals surface area contributed by atoms with Gasteiger partial charge in [-0.05, 0) is 42.7 Å². The summed E-state index contributed by atoms with van der Waals surface area (Å²) in [7, 11) is -3.64. The Kier molecular flexibility index (Phi) is 4.54. The van der Waals surface area contributed by atoms with Crippen molar-refractivity contribution >= 4 is 10.0 Å². The highest BCUT2D eigenvalue weighted by molar-refractivity contribution is 7.89. The molecule has 0 saturated heterocycles. The summed E-state index contributed by atoms with van der Waals surface area (Å²) >= 11 is 0. The molecule has 0 atom stereocenters. The van der Waals surface area contributed by atoms with Crippen LogP contribution in [-0.2, 0) is 21.5 Å². The molecule has 2 aromatic rings. The van der Waals surface area contributed by atoms with E-state index in [1.807, 2.05) is 44.2 Å². The van der Waals surface area contributed by atoms with E-state index < -0.39 is 10.0 Å². The fourth-order valence-corrected chi connectivity index (χ4v) is 2.58. The molecule has 0 heterocycles. The molecule has 4 nitrogen and oxygen atoms in total. The van der Waals surface area contributed by atoms with Gasteiger partial charge in [0.15, 0.2) is 0 Å². The van der Waals surface area contributed by atoms with Crippen LogP contribution < -0.4 is 4.89 Å². The lowest BCUT2D eigenvalue weighted by Crippen LogP contribution is -2.24. The molecule has 0 amide bonds. The Labute approximate surface area is 119 Å². The zero-order valence-electron chi connectivity index (χ0n) is 11.5. The maximum Gasteiger partial charge on any atom is 0.262 e. The fourth-order valence-electron chi connectivity index (χ4n) is 1.69. The minimum absolute atomic E-state index is 0.185. The molecular formula is C15H17NO3S. The predicted molar refractivity (Wildman–Crippen MR) is 77.5 cm³/mol. The smallest absolute Gasteiger partial charge is 0.262 e. The Morgan fingerprint density at radius 3 is 2.35 bits per heavy atom. The Bertz CT molecular complexity index is 682. The van der Waals surface area contributed by atoms with Crippen LogP contribution in [0.15, 0.2) is 53.4 Å². The van der Waals surface area contributed by atoms with Gasteiger partial charge >= 0.3 is 0 Å². The van der Waals surface area contributed by atoms with Crippen molar-refractivity contribution in [2.75, 3.05) is 0 Å². The Hall–Kier alpha value is -1.69. The van der Waals surface area contributed by atoms with Crippen LogP contribution in [0.4, 0.5) is 0 Å². The first-order chi connectivity index (χ1) is 9.49. The molecule has 2 rings (SSSR count). The molecule has 0 bridgehead atoms.